The van der Waals surface area contributed by atoms with Crippen LogP contribution in [0.2, 0.25) is 0 Å². The van der Waals surface area contributed by atoms with Gasteiger partial charge in [0, 0.05) is 5.22 Å². The van der Waals surface area contributed by atoms with Crippen molar-refractivity contribution in [2.24, 2.45) is 4.99 Å². The van der Waals surface area contributed by atoms with Gasteiger partial charge < -0.3 is 5.73 Å². The molecule has 3 nitrogen and oxygen atoms in total. The monoisotopic (exact) mass is 161 g/mol. The van der Waals surface area contributed by atoms with Gasteiger partial charge in [-0.1, -0.05) is 6.08 Å². The van der Waals surface area contributed by atoms with Crippen LogP contribution in [0.4, 0.5) is 5.82 Å². The molecule has 0 saturated heterocycles. The fraction of sp³-hybridized carbons (Fsp3) is 0.333. The molecule has 1 aromatic heterocycles. The van der Waals surface area contributed by atoms with Crippen LogP contribution in [0.5, 0.6) is 0 Å². The number of nitrogen functional groups attached to an aromatic ring is 1. The molecule has 2 rings (SSSR count). The summed E-state index contributed by atoms with van der Waals surface area (Å²) in [6, 6.07) is 4.11. The quantitative estimate of drug-likeness (QED) is 0.575. The van der Waals surface area contributed by atoms with Crippen LogP contribution >= 0.6 is 0 Å². The van der Waals surface area contributed by atoms with E-state index in [-0.39, 0.29) is 0 Å². The van der Waals surface area contributed by atoms with Crippen molar-refractivity contribution < 1.29 is 0 Å². The molecule has 0 spiro atoms. The molecule has 1 unspecified atom stereocenters. The zero-order valence-electron chi connectivity index (χ0n) is 6.99. The molecule has 2 N–H and O–H groups in total. The maximum Gasteiger partial charge on any atom is 0.156 e. The standard InChI is InChI=1S/C9H11N3/c1-6-2-3-7-4-5-8(10)12-9(7)11-6/h3-6H,2H2,1H3,(H2,10,11,12). The Morgan fingerprint density at radius 2 is 2.33 bits per heavy atom. The van der Waals surface area contributed by atoms with Gasteiger partial charge in [-0.15, -0.1) is 0 Å². The Kier molecular flexibility index (Phi) is 1.57. The molecule has 0 saturated carbocycles. The summed E-state index contributed by atoms with van der Waals surface area (Å²) in [7, 11) is 0. The molecule has 62 valence electrons. The van der Waals surface area contributed by atoms with Gasteiger partial charge in [-0.25, -0.2) is 4.98 Å². The Morgan fingerprint density at radius 1 is 1.50 bits per heavy atom. The number of nitrogens with zero attached hydrogens (tertiary/aromatic N) is 2. The van der Waals surface area contributed by atoms with Crippen LogP contribution in [-0.4, -0.2) is 11.0 Å². The summed E-state index contributed by atoms with van der Waals surface area (Å²) >= 11 is 0. The van der Waals surface area contributed by atoms with E-state index in [0.717, 1.165) is 17.1 Å². The summed E-state index contributed by atoms with van der Waals surface area (Å²) in [5.74, 6) is 0.542. The fourth-order valence-corrected chi connectivity index (χ4v) is 1.30. The van der Waals surface area contributed by atoms with Crippen molar-refractivity contribution in [3.05, 3.63) is 22.8 Å². The highest BCUT2D eigenvalue weighted by molar-refractivity contribution is 5.32. The van der Waals surface area contributed by atoms with Crippen molar-refractivity contribution >= 4 is 11.9 Å². The van der Waals surface area contributed by atoms with E-state index in [1.807, 2.05) is 6.07 Å². The zero-order valence-corrected chi connectivity index (χ0v) is 6.99. The second-order valence-corrected chi connectivity index (χ2v) is 3.07. The van der Waals surface area contributed by atoms with E-state index in [1.165, 1.54) is 0 Å². The van der Waals surface area contributed by atoms with Gasteiger partial charge in [-0.2, -0.15) is 0 Å². The summed E-state index contributed by atoms with van der Waals surface area (Å²) in [5, 5.41) is 1.10. The lowest BCUT2D eigenvalue weighted by molar-refractivity contribution is 0.725. The molecular weight excluding hydrogens is 150 g/mol. The lowest BCUT2D eigenvalue weighted by Gasteiger charge is -2.06. The highest BCUT2D eigenvalue weighted by Crippen LogP contribution is 1.98. The Labute approximate surface area is 70.7 Å². The highest BCUT2D eigenvalue weighted by Gasteiger charge is 2.02. The van der Waals surface area contributed by atoms with Crippen molar-refractivity contribution in [2.75, 3.05) is 5.73 Å². The Balaban J connectivity index is 2.72. The van der Waals surface area contributed by atoms with Crippen LogP contribution in [-0.2, 0) is 0 Å². The Bertz CT molecular complexity index is 408. The van der Waals surface area contributed by atoms with Crippen molar-refractivity contribution in [1.82, 2.24) is 4.98 Å². The van der Waals surface area contributed by atoms with Gasteiger partial charge >= 0.3 is 0 Å². The van der Waals surface area contributed by atoms with Crippen LogP contribution < -0.4 is 16.4 Å². The number of rotatable bonds is 0. The van der Waals surface area contributed by atoms with Gasteiger partial charge in [0.2, 0.25) is 0 Å². The first-order chi connectivity index (χ1) is 5.75. The third kappa shape index (κ3) is 1.18. The fourth-order valence-electron chi connectivity index (χ4n) is 1.30. The summed E-state index contributed by atoms with van der Waals surface area (Å²) in [4.78, 5) is 8.53. The van der Waals surface area contributed by atoms with Crippen molar-refractivity contribution in [2.45, 2.75) is 19.4 Å². The Morgan fingerprint density at radius 3 is 3.17 bits per heavy atom. The molecule has 0 aromatic carbocycles. The molecule has 2 heterocycles. The maximum atomic E-state index is 5.54. The van der Waals surface area contributed by atoms with Crippen molar-refractivity contribution in [3.8, 4) is 0 Å². The third-order valence-electron chi connectivity index (χ3n) is 1.95. The number of hydrogen-bond donors (Lipinski definition) is 1. The predicted octanol–water partition coefficient (Wildman–Crippen LogP) is -0.144. The first kappa shape index (κ1) is 7.28. The average Bonchev–Trinajstić information content (AvgIpc) is 2.03. The minimum atomic E-state index is 0.340. The smallest absolute Gasteiger partial charge is 0.156 e. The van der Waals surface area contributed by atoms with Gasteiger partial charge in [0.05, 0.1) is 6.04 Å². The van der Waals surface area contributed by atoms with Gasteiger partial charge in [0.25, 0.3) is 0 Å². The molecule has 1 aliphatic heterocycles. The first-order valence-electron chi connectivity index (χ1n) is 4.06. The number of aromatic nitrogens is 1. The van der Waals surface area contributed by atoms with E-state index in [4.69, 9.17) is 5.73 Å². The van der Waals surface area contributed by atoms with Crippen LogP contribution in [0, 0.1) is 0 Å². The van der Waals surface area contributed by atoms with Gasteiger partial charge in [-0.05, 0) is 25.5 Å². The van der Waals surface area contributed by atoms with E-state index in [2.05, 4.69) is 23.0 Å². The second kappa shape index (κ2) is 2.59. The molecule has 1 aliphatic rings. The molecule has 0 amide bonds. The topological polar surface area (TPSA) is 51.3 Å². The minimum absolute atomic E-state index is 0.340. The number of hydrogen-bond acceptors (Lipinski definition) is 3. The summed E-state index contributed by atoms with van der Waals surface area (Å²) in [5.41, 5.74) is 6.33. The number of nitrogens with two attached hydrogens (primary N) is 1. The molecule has 0 bridgehead atoms. The Hall–Kier alpha value is -1.38. The van der Waals surface area contributed by atoms with Crippen LogP contribution in [0.1, 0.15) is 13.3 Å². The predicted molar refractivity (Wildman–Crippen MR) is 48.0 cm³/mol. The van der Waals surface area contributed by atoms with E-state index >= 15 is 0 Å². The summed E-state index contributed by atoms with van der Waals surface area (Å²) in [6.07, 6.45) is 3.15. The van der Waals surface area contributed by atoms with Gasteiger partial charge in [0.15, 0.2) is 5.49 Å². The van der Waals surface area contributed by atoms with E-state index in [0.29, 0.717) is 11.9 Å². The molecule has 0 fully saturated rings. The van der Waals surface area contributed by atoms with Crippen LogP contribution in [0.15, 0.2) is 17.1 Å². The van der Waals surface area contributed by atoms with Crippen LogP contribution in [0.3, 0.4) is 0 Å². The van der Waals surface area contributed by atoms with Crippen molar-refractivity contribution in [3.63, 3.8) is 0 Å². The molecule has 12 heavy (non-hydrogen) atoms. The maximum absolute atomic E-state index is 5.54. The van der Waals surface area contributed by atoms with E-state index in [1.54, 1.807) is 6.07 Å². The lowest BCUT2D eigenvalue weighted by Crippen LogP contribution is -2.33. The van der Waals surface area contributed by atoms with E-state index in [9.17, 15) is 0 Å². The minimum Gasteiger partial charge on any atom is -0.384 e. The first-order valence-corrected chi connectivity index (χ1v) is 4.06. The molecule has 1 aromatic rings. The highest BCUT2D eigenvalue weighted by atomic mass is 14.9. The number of anilines is 1. The summed E-state index contributed by atoms with van der Waals surface area (Å²) < 4.78 is 0. The largest absolute Gasteiger partial charge is 0.384 e. The number of fused-ring (bicyclic) bond motifs is 1. The zero-order chi connectivity index (χ0) is 8.55. The van der Waals surface area contributed by atoms with E-state index < -0.39 is 0 Å². The van der Waals surface area contributed by atoms with Gasteiger partial charge in [0.1, 0.15) is 5.82 Å². The normalized spacial score (nSPS) is 20.6. The third-order valence-corrected chi connectivity index (χ3v) is 1.95. The second-order valence-electron chi connectivity index (χ2n) is 3.07. The summed E-state index contributed by atoms with van der Waals surface area (Å²) in [6.45, 7) is 2.07. The molecule has 0 aliphatic carbocycles. The number of pyridine rings is 1. The average molecular weight is 161 g/mol. The van der Waals surface area contributed by atoms with Gasteiger partial charge in [-0.3, -0.25) is 4.99 Å². The van der Waals surface area contributed by atoms with Crippen LogP contribution in [0.25, 0.3) is 6.08 Å². The molecule has 3 heteroatoms. The lowest BCUT2D eigenvalue weighted by atomic mass is 10.2. The molecule has 1 atom stereocenters. The van der Waals surface area contributed by atoms with Crippen molar-refractivity contribution in [1.29, 1.82) is 0 Å². The SMILES string of the molecule is CC1CC=c2ccc(N)nc2=N1. The molecular formula is C9H11N3. The molecule has 0 radical (unpaired) electrons.